The molecule has 4 N–H and O–H groups in total. The summed E-state index contributed by atoms with van der Waals surface area (Å²) in [6.45, 7) is -0.883. The van der Waals surface area contributed by atoms with Gasteiger partial charge in [0.05, 0.1) is 25.3 Å². The van der Waals surface area contributed by atoms with Crippen LogP contribution in [0.5, 0.6) is 0 Å². The Morgan fingerprint density at radius 2 is 1.81 bits per heavy atom. The number of amides is 1. The number of aliphatic hydroxyl groups excluding tert-OH is 2. The average molecular weight is 244 g/mol. The molecule has 0 saturated heterocycles. The van der Waals surface area contributed by atoms with Gasteiger partial charge in [-0.05, 0) is 6.92 Å². The molecule has 0 aliphatic heterocycles. The molecule has 16 heavy (non-hydrogen) atoms. The van der Waals surface area contributed by atoms with Crippen LogP contribution in [0.25, 0.3) is 0 Å². The quantitative estimate of drug-likeness (QED) is 0.483. The second-order valence-electron chi connectivity index (χ2n) is 3.28. The highest BCUT2D eigenvalue weighted by Gasteiger charge is 2.28. The van der Waals surface area contributed by atoms with Crippen molar-refractivity contribution >= 4 is 5.91 Å². The average Bonchev–Trinajstić information content (AvgIpc) is 2.20. The number of hydrogen-bond acceptors (Lipinski definition) is 4. The van der Waals surface area contributed by atoms with Gasteiger partial charge in [-0.1, -0.05) is 0 Å². The molecule has 0 radical (unpaired) electrons. The zero-order valence-electron chi connectivity index (χ0n) is 8.71. The number of aliphatic hydroxyl groups is 2. The lowest BCUT2D eigenvalue weighted by Crippen LogP contribution is -2.50. The van der Waals surface area contributed by atoms with Crippen LogP contribution in [-0.4, -0.2) is 54.1 Å². The van der Waals surface area contributed by atoms with Gasteiger partial charge in [-0.2, -0.15) is 13.2 Å². The van der Waals surface area contributed by atoms with Crippen molar-refractivity contribution < 1.29 is 28.2 Å². The van der Waals surface area contributed by atoms with Gasteiger partial charge >= 0.3 is 6.18 Å². The normalized spacial score (nSPS) is 13.9. The Bertz CT molecular complexity index is 219. The van der Waals surface area contributed by atoms with Gasteiger partial charge in [-0.15, -0.1) is 0 Å². The third-order valence-corrected chi connectivity index (χ3v) is 1.78. The van der Waals surface area contributed by atoms with Crippen molar-refractivity contribution in [2.45, 2.75) is 25.2 Å². The fourth-order valence-electron chi connectivity index (χ4n) is 0.933. The van der Waals surface area contributed by atoms with E-state index in [2.05, 4.69) is 5.32 Å². The van der Waals surface area contributed by atoms with Crippen molar-refractivity contribution in [1.82, 2.24) is 10.6 Å². The van der Waals surface area contributed by atoms with E-state index in [0.29, 0.717) is 0 Å². The van der Waals surface area contributed by atoms with Crippen molar-refractivity contribution in [3.8, 4) is 0 Å². The minimum atomic E-state index is -4.46. The van der Waals surface area contributed by atoms with E-state index in [1.54, 1.807) is 5.32 Å². The van der Waals surface area contributed by atoms with Crippen LogP contribution in [0.2, 0.25) is 0 Å². The van der Waals surface area contributed by atoms with Crippen LogP contribution < -0.4 is 10.6 Å². The predicted octanol–water partition coefficient (Wildman–Crippen LogP) is -1.00. The van der Waals surface area contributed by atoms with Crippen LogP contribution >= 0.6 is 0 Å². The number of carbonyl (C=O) groups excluding carboxylic acids is 1. The van der Waals surface area contributed by atoms with Crippen LogP contribution in [0.15, 0.2) is 0 Å². The summed E-state index contributed by atoms with van der Waals surface area (Å²) in [5.41, 5.74) is 0. The Balaban J connectivity index is 3.99. The van der Waals surface area contributed by atoms with Gasteiger partial charge < -0.3 is 15.5 Å². The van der Waals surface area contributed by atoms with Crippen LogP contribution in [0.4, 0.5) is 13.2 Å². The Morgan fingerprint density at radius 1 is 1.31 bits per heavy atom. The Morgan fingerprint density at radius 3 is 2.19 bits per heavy atom. The van der Waals surface area contributed by atoms with Crippen LogP contribution in [0.3, 0.4) is 0 Å². The monoisotopic (exact) mass is 244 g/mol. The first-order valence-corrected chi connectivity index (χ1v) is 4.62. The van der Waals surface area contributed by atoms with E-state index in [9.17, 15) is 18.0 Å². The molecule has 1 unspecified atom stereocenters. The molecule has 1 amide bonds. The first kappa shape index (κ1) is 15.1. The fraction of sp³-hybridized carbons (Fsp3) is 0.875. The molecular weight excluding hydrogens is 229 g/mol. The lowest BCUT2D eigenvalue weighted by molar-refractivity contribution is -0.139. The maximum Gasteiger partial charge on any atom is 0.405 e. The minimum absolute atomic E-state index is 0.409. The molecule has 0 heterocycles. The van der Waals surface area contributed by atoms with E-state index in [-0.39, 0.29) is 0 Å². The Kier molecular flexibility index (Phi) is 6.31. The second-order valence-corrected chi connectivity index (χ2v) is 3.28. The zero-order valence-corrected chi connectivity index (χ0v) is 8.71. The van der Waals surface area contributed by atoms with Gasteiger partial charge in [0, 0.05) is 0 Å². The summed E-state index contributed by atoms with van der Waals surface area (Å²) in [5.74, 6) is -0.843. The Hall–Kier alpha value is -0.860. The Labute approximate surface area is 90.6 Å². The molecule has 0 bridgehead atoms. The third kappa shape index (κ3) is 6.59. The molecule has 0 aliphatic carbocycles. The van der Waals surface area contributed by atoms with E-state index in [1.165, 1.54) is 6.92 Å². The molecular formula is C8H15F3N2O3. The SMILES string of the molecule is CC(NC(CO)CO)C(=O)NCC(F)(F)F. The maximum absolute atomic E-state index is 11.8. The van der Waals surface area contributed by atoms with Crippen molar-refractivity contribution in [1.29, 1.82) is 0 Å². The molecule has 0 fully saturated rings. The van der Waals surface area contributed by atoms with Gasteiger partial charge in [0.2, 0.25) is 5.91 Å². The molecule has 0 rings (SSSR count). The second kappa shape index (κ2) is 6.66. The summed E-state index contributed by atoms with van der Waals surface area (Å²) in [4.78, 5) is 11.1. The van der Waals surface area contributed by atoms with Gasteiger partial charge in [0.15, 0.2) is 0 Å². The highest BCUT2D eigenvalue weighted by molar-refractivity contribution is 5.81. The van der Waals surface area contributed by atoms with E-state index < -0.39 is 43.9 Å². The number of hydrogen-bond donors (Lipinski definition) is 4. The van der Waals surface area contributed by atoms with Crippen molar-refractivity contribution in [3.63, 3.8) is 0 Å². The van der Waals surface area contributed by atoms with Gasteiger partial charge in [0.25, 0.3) is 0 Å². The van der Waals surface area contributed by atoms with E-state index in [1.807, 2.05) is 0 Å². The number of nitrogens with one attached hydrogen (secondary N) is 2. The number of carbonyl (C=O) groups is 1. The zero-order chi connectivity index (χ0) is 12.8. The molecule has 96 valence electrons. The largest absolute Gasteiger partial charge is 0.405 e. The third-order valence-electron chi connectivity index (χ3n) is 1.78. The van der Waals surface area contributed by atoms with Crippen LogP contribution in [-0.2, 0) is 4.79 Å². The molecule has 0 saturated carbocycles. The summed E-state index contributed by atoms with van der Waals surface area (Å²) in [6.07, 6.45) is -4.46. The molecule has 0 aromatic heterocycles. The van der Waals surface area contributed by atoms with Crippen molar-refractivity contribution in [3.05, 3.63) is 0 Å². The number of rotatable bonds is 6. The topological polar surface area (TPSA) is 81.6 Å². The summed E-state index contributed by atoms with van der Waals surface area (Å²) < 4.78 is 35.3. The maximum atomic E-state index is 11.8. The summed E-state index contributed by atoms with van der Waals surface area (Å²) in [7, 11) is 0. The van der Waals surface area contributed by atoms with Crippen molar-refractivity contribution in [2.75, 3.05) is 19.8 Å². The van der Waals surface area contributed by atoms with E-state index in [0.717, 1.165) is 0 Å². The van der Waals surface area contributed by atoms with Gasteiger partial charge in [-0.3, -0.25) is 10.1 Å². The highest BCUT2D eigenvalue weighted by atomic mass is 19.4. The van der Waals surface area contributed by atoms with Crippen LogP contribution in [0, 0.1) is 0 Å². The smallest absolute Gasteiger partial charge is 0.395 e. The van der Waals surface area contributed by atoms with Crippen molar-refractivity contribution in [2.24, 2.45) is 0 Å². The lowest BCUT2D eigenvalue weighted by atomic mass is 10.2. The van der Waals surface area contributed by atoms with E-state index >= 15 is 0 Å². The summed E-state index contributed by atoms with van der Waals surface area (Å²) in [5, 5.41) is 21.5. The molecule has 0 aromatic rings. The minimum Gasteiger partial charge on any atom is -0.395 e. The highest BCUT2D eigenvalue weighted by Crippen LogP contribution is 2.12. The standard InChI is InChI=1S/C8H15F3N2O3/c1-5(13-6(2-14)3-15)7(16)12-4-8(9,10)11/h5-6,13-15H,2-4H2,1H3,(H,12,16). The van der Waals surface area contributed by atoms with Gasteiger partial charge in [-0.25, -0.2) is 0 Å². The molecule has 0 aromatic carbocycles. The molecule has 0 spiro atoms. The number of halogens is 3. The first-order valence-electron chi connectivity index (χ1n) is 4.62. The molecule has 0 aliphatic rings. The molecule has 8 heteroatoms. The lowest BCUT2D eigenvalue weighted by Gasteiger charge is -2.19. The summed E-state index contributed by atoms with van der Waals surface area (Å²) in [6, 6.07) is -1.65. The van der Waals surface area contributed by atoms with Gasteiger partial charge in [0.1, 0.15) is 6.54 Å². The molecule has 5 nitrogen and oxygen atoms in total. The fourth-order valence-corrected chi connectivity index (χ4v) is 0.933. The predicted molar refractivity (Wildman–Crippen MR) is 49.6 cm³/mol. The first-order chi connectivity index (χ1) is 7.30. The van der Waals surface area contributed by atoms with E-state index in [4.69, 9.17) is 10.2 Å². The van der Waals surface area contributed by atoms with Crippen LogP contribution in [0.1, 0.15) is 6.92 Å². The summed E-state index contributed by atoms with van der Waals surface area (Å²) >= 11 is 0. The number of alkyl halides is 3. The molecule has 1 atom stereocenters.